The van der Waals surface area contributed by atoms with Crippen LogP contribution in [0.25, 0.3) is 33.3 Å². The second-order valence-corrected chi connectivity index (χ2v) is 8.43. The van der Waals surface area contributed by atoms with Gasteiger partial charge in [-0.3, -0.25) is 19.9 Å². The van der Waals surface area contributed by atoms with Crippen LogP contribution < -0.4 is 5.32 Å². The van der Waals surface area contributed by atoms with Crippen molar-refractivity contribution >= 4 is 22.4 Å². The third-order valence-electron chi connectivity index (χ3n) is 5.67. The lowest BCUT2D eigenvalue weighted by Gasteiger charge is -2.11. The van der Waals surface area contributed by atoms with E-state index in [1.165, 1.54) is 6.42 Å². The van der Waals surface area contributed by atoms with Gasteiger partial charge in [0, 0.05) is 67.3 Å². The molecule has 0 amide bonds. The Morgan fingerprint density at radius 1 is 0.925 bits per heavy atom. The van der Waals surface area contributed by atoms with Gasteiger partial charge in [-0.2, -0.15) is 0 Å². The van der Waals surface area contributed by atoms with Crippen LogP contribution in [0.3, 0.4) is 0 Å². The summed E-state index contributed by atoms with van der Waals surface area (Å²) in [6, 6.07) is 12.3. The Balaban J connectivity index is 0.000000737. The normalized spacial score (nSPS) is 10.2. The molecule has 2 N–H and O–H groups in total. The number of aryl methyl sites for hydroxylation is 1. The minimum atomic E-state index is 0.702. The second kappa shape index (κ2) is 16.0. The van der Waals surface area contributed by atoms with Crippen LogP contribution in [-0.4, -0.2) is 44.7 Å². The fraction of sp³-hybridized carbons (Fsp3) is 0.182. The van der Waals surface area contributed by atoms with Crippen LogP contribution in [0, 0.1) is 19.8 Å². The largest absolute Gasteiger partial charge is 0.387 e. The number of terminal acetylenes is 1. The number of rotatable bonds is 5. The molecule has 0 atom stereocenters. The van der Waals surface area contributed by atoms with Crippen LogP contribution >= 0.6 is 0 Å². The van der Waals surface area contributed by atoms with E-state index in [9.17, 15) is 0 Å². The SMILES string of the molecule is C#C.C=C.CCC.CN=C(c1nc2c(-c3cccnc3)cncc2[nH]1)c1cc(-c2cncc(NC)c2)ccc1C. The van der Waals surface area contributed by atoms with Crippen molar-refractivity contribution in [2.45, 2.75) is 27.2 Å². The average Bonchev–Trinajstić information content (AvgIpc) is 3.45. The first-order valence-corrected chi connectivity index (χ1v) is 12.9. The van der Waals surface area contributed by atoms with E-state index in [1.54, 1.807) is 25.6 Å². The number of aromatic nitrogens is 5. The fourth-order valence-corrected chi connectivity index (χ4v) is 3.92. The van der Waals surface area contributed by atoms with E-state index in [0.29, 0.717) is 5.82 Å². The number of aromatic amines is 1. The van der Waals surface area contributed by atoms with Gasteiger partial charge in [-0.15, -0.1) is 26.0 Å². The van der Waals surface area contributed by atoms with Gasteiger partial charge in [0.1, 0.15) is 11.2 Å². The summed E-state index contributed by atoms with van der Waals surface area (Å²) in [6.45, 7) is 12.3. The molecule has 0 bridgehead atoms. The maximum Gasteiger partial charge on any atom is 0.157 e. The number of hydrogen-bond acceptors (Lipinski definition) is 6. The number of nitrogens with zero attached hydrogens (tertiary/aromatic N) is 5. The zero-order valence-electron chi connectivity index (χ0n) is 23.9. The number of pyridine rings is 3. The zero-order chi connectivity index (χ0) is 29.5. The summed E-state index contributed by atoms with van der Waals surface area (Å²) in [4.78, 5) is 25.9. The Morgan fingerprint density at radius 3 is 2.27 bits per heavy atom. The van der Waals surface area contributed by atoms with E-state index in [2.05, 4.69) is 101 Å². The minimum Gasteiger partial charge on any atom is -0.387 e. The van der Waals surface area contributed by atoms with E-state index in [0.717, 1.165) is 55.8 Å². The summed E-state index contributed by atoms with van der Waals surface area (Å²) in [5, 5.41) is 3.14. The quantitative estimate of drug-likeness (QED) is 0.140. The van der Waals surface area contributed by atoms with Gasteiger partial charge in [0.15, 0.2) is 5.82 Å². The molecular weight excluding hydrogens is 494 g/mol. The molecule has 204 valence electrons. The molecule has 0 aliphatic rings. The van der Waals surface area contributed by atoms with Crippen LogP contribution in [0.1, 0.15) is 37.2 Å². The molecule has 7 nitrogen and oxygen atoms in total. The average molecular weight is 532 g/mol. The summed E-state index contributed by atoms with van der Waals surface area (Å²) in [6.07, 6.45) is 20.1. The summed E-state index contributed by atoms with van der Waals surface area (Å²) in [5.74, 6) is 0.702. The lowest BCUT2D eigenvalue weighted by molar-refractivity contribution is 1.09. The molecule has 5 rings (SSSR count). The first kappa shape index (κ1) is 31.1. The van der Waals surface area contributed by atoms with E-state index in [1.807, 2.05) is 37.8 Å². The highest BCUT2D eigenvalue weighted by molar-refractivity contribution is 6.13. The zero-order valence-corrected chi connectivity index (χ0v) is 23.9. The van der Waals surface area contributed by atoms with Gasteiger partial charge in [0.05, 0.1) is 17.4 Å². The number of H-pyrrole nitrogens is 1. The Hall–Kier alpha value is -5.09. The molecule has 40 heavy (non-hydrogen) atoms. The Kier molecular flexibility index (Phi) is 12.5. The molecule has 0 aliphatic carbocycles. The van der Waals surface area contributed by atoms with Crippen molar-refractivity contribution in [1.82, 2.24) is 24.9 Å². The third kappa shape index (κ3) is 7.27. The van der Waals surface area contributed by atoms with Crippen LogP contribution in [0.15, 0.2) is 91.7 Å². The number of fused-ring (bicyclic) bond motifs is 1. The first-order valence-electron chi connectivity index (χ1n) is 12.9. The Bertz CT molecular complexity index is 1550. The number of hydrogen-bond donors (Lipinski definition) is 2. The molecule has 0 aliphatic heterocycles. The predicted octanol–water partition coefficient (Wildman–Crippen LogP) is 7.37. The minimum absolute atomic E-state index is 0.702. The highest BCUT2D eigenvalue weighted by atomic mass is 15.0. The lowest BCUT2D eigenvalue weighted by atomic mass is 9.97. The molecule has 1 aromatic carbocycles. The molecule has 0 unspecified atom stereocenters. The van der Waals surface area contributed by atoms with E-state index < -0.39 is 0 Å². The van der Waals surface area contributed by atoms with Crippen LogP contribution in [0.2, 0.25) is 0 Å². The van der Waals surface area contributed by atoms with Gasteiger partial charge < -0.3 is 10.3 Å². The van der Waals surface area contributed by atoms with Crippen molar-refractivity contribution in [1.29, 1.82) is 0 Å². The van der Waals surface area contributed by atoms with Gasteiger partial charge >= 0.3 is 0 Å². The van der Waals surface area contributed by atoms with E-state index in [-0.39, 0.29) is 0 Å². The van der Waals surface area contributed by atoms with Crippen LogP contribution in [-0.2, 0) is 0 Å². The molecule has 4 aromatic heterocycles. The highest BCUT2D eigenvalue weighted by Crippen LogP contribution is 2.28. The summed E-state index contributed by atoms with van der Waals surface area (Å²) in [7, 11) is 3.68. The molecular formula is C33H37N7. The monoisotopic (exact) mass is 531 g/mol. The van der Waals surface area contributed by atoms with Crippen LogP contribution in [0.4, 0.5) is 5.69 Å². The van der Waals surface area contributed by atoms with Gasteiger partial charge in [-0.1, -0.05) is 38.5 Å². The van der Waals surface area contributed by atoms with Gasteiger partial charge in [-0.25, -0.2) is 4.98 Å². The van der Waals surface area contributed by atoms with Crippen molar-refractivity contribution < 1.29 is 0 Å². The maximum absolute atomic E-state index is 4.93. The molecule has 5 aromatic rings. The molecule has 4 heterocycles. The smallest absolute Gasteiger partial charge is 0.157 e. The molecule has 0 spiro atoms. The summed E-state index contributed by atoms with van der Waals surface area (Å²) >= 11 is 0. The third-order valence-corrected chi connectivity index (χ3v) is 5.67. The van der Waals surface area contributed by atoms with Crippen molar-refractivity contribution in [3.63, 3.8) is 0 Å². The second-order valence-electron chi connectivity index (χ2n) is 8.43. The molecule has 7 heteroatoms. The maximum atomic E-state index is 4.93. The van der Waals surface area contributed by atoms with Crippen molar-refractivity contribution in [3.05, 3.63) is 104 Å². The van der Waals surface area contributed by atoms with Gasteiger partial charge in [0.25, 0.3) is 0 Å². The predicted molar refractivity (Wildman–Crippen MR) is 170 cm³/mol. The number of benzene rings is 1. The van der Waals surface area contributed by atoms with Crippen molar-refractivity contribution in [2.24, 2.45) is 4.99 Å². The van der Waals surface area contributed by atoms with Crippen LogP contribution in [0.5, 0.6) is 0 Å². The van der Waals surface area contributed by atoms with E-state index >= 15 is 0 Å². The number of nitrogens with one attached hydrogen (secondary N) is 2. The fourth-order valence-electron chi connectivity index (χ4n) is 3.92. The van der Waals surface area contributed by atoms with Gasteiger partial charge in [-0.05, 0) is 36.2 Å². The number of anilines is 1. The van der Waals surface area contributed by atoms with Crippen molar-refractivity contribution in [2.75, 3.05) is 19.4 Å². The summed E-state index contributed by atoms with van der Waals surface area (Å²) < 4.78 is 0. The standard InChI is InChI=1S/C26H23N7.C3H8.C2H4.C2H2/c1-16-6-7-17(19-9-20(27-2)13-30-12-19)10-21(16)25(28-3)26-32-23-15-31-14-22(24(23)33-26)18-5-4-8-29-11-18;1-3-2;2*1-2/h4-15,27H,1-3H3,(H,32,33);3H2,1-2H3;1-2H2;1-2H. The van der Waals surface area contributed by atoms with Gasteiger partial charge in [0.2, 0.25) is 0 Å². The highest BCUT2D eigenvalue weighted by Gasteiger charge is 2.17. The summed E-state index contributed by atoms with van der Waals surface area (Å²) in [5.41, 5.74) is 9.58. The lowest BCUT2D eigenvalue weighted by Crippen LogP contribution is -2.08. The Labute approximate surface area is 237 Å². The topological polar surface area (TPSA) is 91.7 Å². The molecule has 0 radical (unpaired) electrons. The molecule has 0 saturated heterocycles. The number of aliphatic imine (C=N–C) groups is 1. The number of imidazole rings is 1. The molecule has 0 fully saturated rings. The van der Waals surface area contributed by atoms with Crippen molar-refractivity contribution in [3.8, 4) is 35.1 Å². The first-order chi connectivity index (χ1) is 19.6. The Morgan fingerprint density at radius 2 is 1.62 bits per heavy atom. The molecule has 0 saturated carbocycles. The van der Waals surface area contributed by atoms with E-state index in [4.69, 9.17) is 4.98 Å².